The second-order valence-electron chi connectivity index (χ2n) is 3.82. The van der Waals surface area contributed by atoms with Crippen molar-refractivity contribution >= 4 is 5.97 Å². The molecule has 0 atom stereocenters. The van der Waals surface area contributed by atoms with Crippen LogP contribution < -0.4 is 0 Å². The maximum atomic E-state index is 11.2. The van der Waals surface area contributed by atoms with Crippen LogP contribution in [0.2, 0.25) is 0 Å². The molecule has 90 valence electrons. The predicted molar refractivity (Wildman–Crippen MR) is 60.7 cm³/mol. The SMILES string of the molecule is CCCCCCC(=O)OCCCCCO. The molecule has 0 aromatic carbocycles. The number of aliphatic hydroxyl groups excluding tert-OH is 1. The molecule has 0 aliphatic heterocycles. The van der Waals surface area contributed by atoms with Gasteiger partial charge in [0.1, 0.15) is 0 Å². The van der Waals surface area contributed by atoms with E-state index in [0.717, 1.165) is 32.1 Å². The molecule has 0 amide bonds. The van der Waals surface area contributed by atoms with E-state index in [1.165, 1.54) is 12.8 Å². The Balaban J connectivity index is 3.11. The fourth-order valence-electron chi connectivity index (χ4n) is 1.34. The van der Waals surface area contributed by atoms with Crippen LogP contribution in [-0.4, -0.2) is 24.3 Å². The minimum Gasteiger partial charge on any atom is -0.466 e. The van der Waals surface area contributed by atoms with Gasteiger partial charge in [0, 0.05) is 13.0 Å². The monoisotopic (exact) mass is 216 g/mol. The van der Waals surface area contributed by atoms with Crippen molar-refractivity contribution in [2.45, 2.75) is 58.3 Å². The lowest BCUT2D eigenvalue weighted by Gasteiger charge is -2.04. The molecule has 0 bridgehead atoms. The van der Waals surface area contributed by atoms with Crippen LogP contribution >= 0.6 is 0 Å². The number of hydrogen-bond acceptors (Lipinski definition) is 3. The Labute approximate surface area is 92.8 Å². The van der Waals surface area contributed by atoms with E-state index < -0.39 is 0 Å². The van der Waals surface area contributed by atoms with Crippen LogP contribution in [0.25, 0.3) is 0 Å². The van der Waals surface area contributed by atoms with Crippen molar-refractivity contribution in [2.24, 2.45) is 0 Å². The van der Waals surface area contributed by atoms with Crippen molar-refractivity contribution < 1.29 is 14.6 Å². The average molecular weight is 216 g/mol. The molecule has 0 saturated heterocycles. The first kappa shape index (κ1) is 14.4. The molecule has 0 rings (SSSR count). The lowest BCUT2D eigenvalue weighted by molar-refractivity contribution is -0.143. The topological polar surface area (TPSA) is 46.5 Å². The first-order valence-corrected chi connectivity index (χ1v) is 6.07. The highest BCUT2D eigenvalue weighted by Crippen LogP contribution is 2.04. The molecular formula is C12H24O3. The summed E-state index contributed by atoms with van der Waals surface area (Å²) < 4.78 is 5.05. The Morgan fingerprint density at radius 3 is 2.47 bits per heavy atom. The van der Waals surface area contributed by atoms with Gasteiger partial charge in [-0.1, -0.05) is 26.2 Å². The zero-order valence-electron chi connectivity index (χ0n) is 9.83. The van der Waals surface area contributed by atoms with Gasteiger partial charge in [0.05, 0.1) is 6.61 Å². The second kappa shape index (κ2) is 11.5. The molecule has 0 aromatic rings. The Bertz CT molecular complexity index is 146. The molecule has 0 radical (unpaired) electrons. The van der Waals surface area contributed by atoms with Gasteiger partial charge in [-0.05, 0) is 25.7 Å². The predicted octanol–water partition coefficient (Wildman–Crippen LogP) is 2.66. The largest absolute Gasteiger partial charge is 0.466 e. The third-order valence-corrected chi connectivity index (χ3v) is 2.30. The Morgan fingerprint density at radius 2 is 1.80 bits per heavy atom. The van der Waals surface area contributed by atoms with E-state index in [4.69, 9.17) is 9.84 Å². The van der Waals surface area contributed by atoms with Crippen LogP contribution in [0.4, 0.5) is 0 Å². The third kappa shape index (κ3) is 11.4. The summed E-state index contributed by atoms with van der Waals surface area (Å²) in [5.41, 5.74) is 0. The zero-order valence-corrected chi connectivity index (χ0v) is 9.83. The van der Waals surface area contributed by atoms with E-state index in [-0.39, 0.29) is 12.6 Å². The number of rotatable bonds is 10. The van der Waals surface area contributed by atoms with E-state index in [0.29, 0.717) is 13.0 Å². The minimum atomic E-state index is -0.0740. The number of hydrogen-bond donors (Lipinski definition) is 1. The number of carbonyl (C=O) groups excluding carboxylic acids is 1. The molecule has 0 fully saturated rings. The van der Waals surface area contributed by atoms with Gasteiger partial charge in [-0.3, -0.25) is 4.79 Å². The van der Waals surface area contributed by atoms with E-state index in [1.54, 1.807) is 0 Å². The van der Waals surface area contributed by atoms with E-state index in [2.05, 4.69) is 6.92 Å². The van der Waals surface area contributed by atoms with Crippen LogP contribution in [0, 0.1) is 0 Å². The van der Waals surface area contributed by atoms with Gasteiger partial charge in [0.2, 0.25) is 0 Å². The molecule has 1 N–H and O–H groups in total. The standard InChI is InChI=1S/C12H24O3/c1-2-3-4-6-9-12(14)15-11-8-5-7-10-13/h13H,2-11H2,1H3. The van der Waals surface area contributed by atoms with Crippen LogP contribution in [0.15, 0.2) is 0 Å². The van der Waals surface area contributed by atoms with Crippen molar-refractivity contribution in [1.82, 2.24) is 0 Å². The fraction of sp³-hybridized carbons (Fsp3) is 0.917. The lowest BCUT2D eigenvalue weighted by Crippen LogP contribution is -2.05. The lowest BCUT2D eigenvalue weighted by atomic mass is 10.1. The second-order valence-corrected chi connectivity index (χ2v) is 3.82. The molecule has 0 heterocycles. The summed E-state index contributed by atoms with van der Waals surface area (Å²) in [5.74, 6) is -0.0740. The first-order valence-electron chi connectivity index (χ1n) is 6.07. The smallest absolute Gasteiger partial charge is 0.305 e. The van der Waals surface area contributed by atoms with Gasteiger partial charge < -0.3 is 9.84 Å². The van der Waals surface area contributed by atoms with Gasteiger partial charge >= 0.3 is 5.97 Å². The summed E-state index contributed by atoms with van der Waals surface area (Å²) in [7, 11) is 0. The van der Waals surface area contributed by atoms with Crippen molar-refractivity contribution in [3.8, 4) is 0 Å². The molecule has 3 nitrogen and oxygen atoms in total. The van der Waals surface area contributed by atoms with Crippen LogP contribution in [-0.2, 0) is 9.53 Å². The van der Waals surface area contributed by atoms with Crippen molar-refractivity contribution in [3.05, 3.63) is 0 Å². The maximum Gasteiger partial charge on any atom is 0.305 e. The third-order valence-electron chi connectivity index (χ3n) is 2.30. The normalized spacial score (nSPS) is 10.3. The summed E-state index contributed by atoms with van der Waals surface area (Å²) in [6.45, 7) is 2.89. The number of carbonyl (C=O) groups is 1. The zero-order chi connectivity index (χ0) is 11.4. The molecule has 0 saturated carbocycles. The molecule has 15 heavy (non-hydrogen) atoms. The van der Waals surface area contributed by atoms with Gasteiger partial charge in [-0.15, -0.1) is 0 Å². The molecule has 3 heteroatoms. The van der Waals surface area contributed by atoms with Crippen LogP contribution in [0.3, 0.4) is 0 Å². The molecule has 0 unspecified atom stereocenters. The Kier molecular flexibility index (Phi) is 11.1. The molecular weight excluding hydrogens is 192 g/mol. The van der Waals surface area contributed by atoms with E-state index in [1.807, 2.05) is 0 Å². The number of aliphatic hydroxyl groups is 1. The van der Waals surface area contributed by atoms with E-state index >= 15 is 0 Å². The highest BCUT2D eigenvalue weighted by Gasteiger charge is 2.01. The van der Waals surface area contributed by atoms with Gasteiger partial charge in [0.15, 0.2) is 0 Å². The number of esters is 1. The molecule has 0 aromatic heterocycles. The summed E-state index contributed by atoms with van der Waals surface area (Å²) in [6.07, 6.45) is 7.61. The molecule has 0 aliphatic rings. The van der Waals surface area contributed by atoms with Gasteiger partial charge in [-0.25, -0.2) is 0 Å². The van der Waals surface area contributed by atoms with Crippen molar-refractivity contribution in [1.29, 1.82) is 0 Å². The summed E-state index contributed by atoms with van der Waals surface area (Å²) >= 11 is 0. The highest BCUT2D eigenvalue weighted by molar-refractivity contribution is 5.69. The summed E-state index contributed by atoms with van der Waals surface area (Å²) in [4.78, 5) is 11.2. The van der Waals surface area contributed by atoms with Crippen LogP contribution in [0.5, 0.6) is 0 Å². The molecule has 0 aliphatic carbocycles. The van der Waals surface area contributed by atoms with Crippen LogP contribution in [0.1, 0.15) is 58.3 Å². The number of unbranched alkanes of at least 4 members (excludes halogenated alkanes) is 5. The number of ether oxygens (including phenoxy) is 1. The van der Waals surface area contributed by atoms with Crippen molar-refractivity contribution in [3.63, 3.8) is 0 Å². The highest BCUT2D eigenvalue weighted by atomic mass is 16.5. The average Bonchev–Trinajstić information content (AvgIpc) is 2.24. The summed E-state index contributed by atoms with van der Waals surface area (Å²) in [5, 5.41) is 8.53. The van der Waals surface area contributed by atoms with Gasteiger partial charge in [-0.2, -0.15) is 0 Å². The van der Waals surface area contributed by atoms with Gasteiger partial charge in [0.25, 0.3) is 0 Å². The first-order chi connectivity index (χ1) is 7.31. The molecule has 0 spiro atoms. The van der Waals surface area contributed by atoms with E-state index in [9.17, 15) is 4.79 Å². The Hall–Kier alpha value is -0.570. The Morgan fingerprint density at radius 1 is 1.07 bits per heavy atom. The summed E-state index contributed by atoms with van der Waals surface area (Å²) in [6, 6.07) is 0. The van der Waals surface area contributed by atoms with Crippen molar-refractivity contribution in [2.75, 3.05) is 13.2 Å². The fourth-order valence-corrected chi connectivity index (χ4v) is 1.34. The quantitative estimate of drug-likeness (QED) is 0.451. The minimum absolute atomic E-state index is 0.0740. The maximum absolute atomic E-state index is 11.2.